The lowest BCUT2D eigenvalue weighted by atomic mass is 10.2. The van der Waals surface area contributed by atoms with Crippen LogP contribution in [0, 0.1) is 11.8 Å². The summed E-state index contributed by atoms with van der Waals surface area (Å²) in [5, 5.41) is 9.50. The quantitative estimate of drug-likeness (QED) is 0.456. The molecule has 3 nitrogen and oxygen atoms in total. The van der Waals surface area contributed by atoms with E-state index in [0.717, 1.165) is 25.7 Å². The van der Waals surface area contributed by atoms with Gasteiger partial charge < -0.3 is 9.84 Å². The third-order valence-electron chi connectivity index (χ3n) is 1.95. The van der Waals surface area contributed by atoms with Crippen molar-refractivity contribution >= 4 is 5.97 Å². The summed E-state index contributed by atoms with van der Waals surface area (Å²) in [4.78, 5) is 11.4. The molecule has 0 aliphatic carbocycles. The third kappa shape index (κ3) is 11.3. The van der Waals surface area contributed by atoms with Crippen molar-refractivity contribution in [2.45, 2.75) is 71.5 Å². The lowest BCUT2D eigenvalue weighted by Crippen LogP contribution is -2.26. The minimum atomic E-state index is -0.911. The zero-order valence-electron chi connectivity index (χ0n) is 11.4. The number of hydrogen-bond donors (Lipinski definition) is 1. The number of rotatable bonds is 5. The van der Waals surface area contributed by atoms with E-state index in [1.807, 2.05) is 0 Å². The Labute approximate surface area is 105 Å². The van der Waals surface area contributed by atoms with E-state index in [-0.39, 0.29) is 6.42 Å². The van der Waals surface area contributed by atoms with Crippen LogP contribution in [0.4, 0.5) is 0 Å². The zero-order chi connectivity index (χ0) is 13.3. The molecule has 0 unspecified atom stereocenters. The molecule has 0 heterocycles. The van der Waals surface area contributed by atoms with Crippen LogP contribution in [0.1, 0.15) is 59.8 Å². The molecular weight excluding hydrogens is 216 g/mol. The molecule has 98 valence electrons. The van der Waals surface area contributed by atoms with Gasteiger partial charge in [0.15, 0.2) is 0 Å². The first-order chi connectivity index (χ1) is 7.85. The summed E-state index contributed by atoms with van der Waals surface area (Å²) in [6.45, 7) is 7.53. The molecule has 17 heavy (non-hydrogen) atoms. The van der Waals surface area contributed by atoms with Crippen LogP contribution in [0.3, 0.4) is 0 Å². The molecule has 0 aliphatic rings. The SMILES string of the molecule is CCCCCC#C[C@H](O)CC(=O)OC(C)(C)C. The highest BCUT2D eigenvalue weighted by Gasteiger charge is 2.18. The summed E-state index contributed by atoms with van der Waals surface area (Å²) >= 11 is 0. The van der Waals surface area contributed by atoms with Gasteiger partial charge in [-0.2, -0.15) is 0 Å². The number of unbranched alkanes of at least 4 members (excludes halogenated alkanes) is 3. The molecule has 0 fully saturated rings. The second-order valence-corrected chi connectivity index (χ2v) is 5.08. The minimum absolute atomic E-state index is 0.0575. The molecule has 3 heteroatoms. The lowest BCUT2D eigenvalue weighted by Gasteiger charge is -2.19. The summed E-state index contributed by atoms with van der Waals surface area (Å²) in [5.74, 6) is 5.13. The maximum absolute atomic E-state index is 11.4. The van der Waals surface area contributed by atoms with Crippen molar-refractivity contribution in [3.05, 3.63) is 0 Å². The maximum Gasteiger partial charge on any atom is 0.309 e. The molecule has 0 rings (SSSR count). The average molecular weight is 240 g/mol. The second-order valence-electron chi connectivity index (χ2n) is 5.08. The number of aliphatic hydroxyl groups is 1. The molecule has 0 aliphatic heterocycles. The monoisotopic (exact) mass is 240 g/mol. The summed E-state index contributed by atoms with van der Waals surface area (Å²) in [5.41, 5.74) is -0.509. The van der Waals surface area contributed by atoms with Crippen molar-refractivity contribution in [2.75, 3.05) is 0 Å². The molecule has 0 aromatic heterocycles. The summed E-state index contributed by atoms with van der Waals surface area (Å²) in [6.07, 6.45) is 3.16. The third-order valence-corrected chi connectivity index (χ3v) is 1.95. The van der Waals surface area contributed by atoms with Gasteiger partial charge in [0.1, 0.15) is 11.7 Å². The van der Waals surface area contributed by atoms with E-state index in [0.29, 0.717) is 0 Å². The van der Waals surface area contributed by atoms with Crippen LogP contribution in [0.5, 0.6) is 0 Å². The van der Waals surface area contributed by atoms with E-state index in [1.165, 1.54) is 0 Å². The minimum Gasteiger partial charge on any atom is -0.460 e. The number of ether oxygens (including phenoxy) is 1. The van der Waals surface area contributed by atoms with Crippen molar-refractivity contribution < 1.29 is 14.6 Å². The summed E-state index contributed by atoms with van der Waals surface area (Å²) in [7, 11) is 0. The molecule has 0 radical (unpaired) electrons. The smallest absolute Gasteiger partial charge is 0.309 e. The largest absolute Gasteiger partial charge is 0.460 e. The topological polar surface area (TPSA) is 46.5 Å². The standard InChI is InChI=1S/C14H24O3/c1-5-6-7-8-9-10-12(15)11-13(16)17-14(2,3)4/h12,15H,5-8,11H2,1-4H3/t12-/m0/s1. The van der Waals surface area contributed by atoms with Crippen molar-refractivity contribution in [2.24, 2.45) is 0 Å². The first-order valence-electron chi connectivity index (χ1n) is 6.23. The molecule has 0 saturated carbocycles. The Balaban J connectivity index is 3.85. The van der Waals surface area contributed by atoms with Crippen molar-refractivity contribution in [1.29, 1.82) is 0 Å². The Morgan fingerprint density at radius 2 is 2.00 bits per heavy atom. The molecule has 0 aromatic rings. The number of aliphatic hydroxyl groups excluding tert-OH is 1. The summed E-state index contributed by atoms with van der Waals surface area (Å²) in [6, 6.07) is 0. The van der Waals surface area contributed by atoms with Gasteiger partial charge in [0.25, 0.3) is 0 Å². The van der Waals surface area contributed by atoms with Gasteiger partial charge in [-0.25, -0.2) is 0 Å². The fourth-order valence-corrected chi connectivity index (χ4v) is 1.25. The van der Waals surface area contributed by atoms with Gasteiger partial charge in [-0.15, -0.1) is 5.92 Å². The maximum atomic E-state index is 11.4. The van der Waals surface area contributed by atoms with E-state index in [1.54, 1.807) is 20.8 Å². The van der Waals surface area contributed by atoms with E-state index in [9.17, 15) is 9.90 Å². The van der Waals surface area contributed by atoms with Crippen LogP contribution in [0.2, 0.25) is 0 Å². The van der Waals surface area contributed by atoms with E-state index < -0.39 is 17.7 Å². The molecule has 0 bridgehead atoms. The van der Waals surface area contributed by atoms with Gasteiger partial charge in [0.2, 0.25) is 0 Å². The molecule has 0 aromatic carbocycles. The first-order valence-corrected chi connectivity index (χ1v) is 6.23. The van der Waals surface area contributed by atoms with Crippen molar-refractivity contribution in [1.82, 2.24) is 0 Å². The summed E-state index contributed by atoms with van der Waals surface area (Å²) < 4.78 is 5.09. The fraction of sp³-hybridized carbons (Fsp3) is 0.786. The van der Waals surface area contributed by atoms with Crippen LogP contribution in [0.15, 0.2) is 0 Å². The van der Waals surface area contributed by atoms with Gasteiger partial charge in [-0.05, 0) is 27.2 Å². The number of carbonyl (C=O) groups excluding carboxylic acids is 1. The molecule has 1 N–H and O–H groups in total. The van der Waals surface area contributed by atoms with Crippen LogP contribution in [0.25, 0.3) is 0 Å². The van der Waals surface area contributed by atoms with Crippen molar-refractivity contribution in [3.63, 3.8) is 0 Å². The molecular formula is C14H24O3. The fourth-order valence-electron chi connectivity index (χ4n) is 1.25. The van der Waals surface area contributed by atoms with Crippen molar-refractivity contribution in [3.8, 4) is 11.8 Å². The van der Waals surface area contributed by atoms with Gasteiger partial charge in [-0.1, -0.05) is 25.7 Å². The highest BCUT2D eigenvalue weighted by molar-refractivity contribution is 5.71. The zero-order valence-corrected chi connectivity index (χ0v) is 11.4. The highest BCUT2D eigenvalue weighted by atomic mass is 16.6. The van der Waals surface area contributed by atoms with E-state index >= 15 is 0 Å². The molecule has 1 atom stereocenters. The Morgan fingerprint density at radius 1 is 1.35 bits per heavy atom. The normalized spacial score (nSPS) is 12.5. The van der Waals surface area contributed by atoms with E-state index in [4.69, 9.17) is 4.74 Å². The predicted molar refractivity (Wildman–Crippen MR) is 68.4 cm³/mol. The van der Waals surface area contributed by atoms with Crippen LogP contribution in [-0.4, -0.2) is 22.8 Å². The molecule has 0 amide bonds. The highest BCUT2D eigenvalue weighted by Crippen LogP contribution is 2.09. The molecule has 0 spiro atoms. The van der Waals surface area contributed by atoms with Gasteiger partial charge in [0, 0.05) is 6.42 Å². The Hall–Kier alpha value is -1.01. The number of esters is 1. The van der Waals surface area contributed by atoms with Gasteiger partial charge >= 0.3 is 5.97 Å². The lowest BCUT2D eigenvalue weighted by molar-refractivity contribution is -0.156. The van der Waals surface area contributed by atoms with E-state index in [2.05, 4.69) is 18.8 Å². The van der Waals surface area contributed by atoms with Gasteiger partial charge in [-0.3, -0.25) is 4.79 Å². The van der Waals surface area contributed by atoms with Crippen LogP contribution in [-0.2, 0) is 9.53 Å². The Kier molecular flexibility index (Phi) is 7.65. The predicted octanol–water partition coefficient (Wildman–Crippen LogP) is 2.66. The van der Waals surface area contributed by atoms with Crippen LogP contribution < -0.4 is 0 Å². The Morgan fingerprint density at radius 3 is 2.53 bits per heavy atom. The second kappa shape index (κ2) is 8.14. The van der Waals surface area contributed by atoms with Gasteiger partial charge in [0.05, 0.1) is 6.42 Å². The molecule has 0 saturated heterocycles. The first kappa shape index (κ1) is 16.0. The number of hydrogen-bond acceptors (Lipinski definition) is 3. The Bertz CT molecular complexity index is 278. The van der Waals surface area contributed by atoms with Crippen LogP contribution >= 0.6 is 0 Å². The number of carbonyl (C=O) groups is 1. The average Bonchev–Trinajstić information content (AvgIpc) is 2.14.